The Labute approximate surface area is 106 Å². The minimum Gasteiger partial charge on any atom is -0.508 e. The second-order valence-electron chi connectivity index (χ2n) is 3.74. The lowest BCUT2D eigenvalue weighted by atomic mass is 10.2. The van der Waals surface area contributed by atoms with Crippen molar-refractivity contribution < 1.29 is 13.9 Å². The lowest BCUT2D eigenvalue weighted by Crippen LogP contribution is -2.26. The van der Waals surface area contributed by atoms with Crippen LogP contribution in [0.4, 0.5) is 14.5 Å². The molecule has 17 heavy (non-hydrogen) atoms. The minimum absolute atomic E-state index is 0.106. The summed E-state index contributed by atoms with van der Waals surface area (Å²) in [6.07, 6.45) is 2.96. The van der Waals surface area contributed by atoms with Gasteiger partial charge in [-0.05, 0) is 31.2 Å². The lowest BCUT2D eigenvalue weighted by molar-refractivity contribution is 0.426. The smallest absolute Gasteiger partial charge is 0.150 e. The first-order valence-corrected chi connectivity index (χ1v) is 5.78. The van der Waals surface area contributed by atoms with Crippen LogP contribution < -0.4 is 4.90 Å². The van der Waals surface area contributed by atoms with E-state index in [0.29, 0.717) is 10.2 Å². The number of allylic oxidation sites excluding steroid dienone is 2. The number of aliphatic hydroxyl groups is 1. The van der Waals surface area contributed by atoms with Crippen LogP contribution in [0.2, 0.25) is 0 Å². The van der Waals surface area contributed by atoms with Crippen LogP contribution >= 0.6 is 15.9 Å². The van der Waals surface area contributed by atoms with Crippen molar-refractivity contribution in [2.45, 2.75) is 6.92 Å². The number of aliphatic hydroxyl groups excluding tert-OH is 1. The van der Waals surface area contributed by atoms with E-state index in [1.54, 1.807) is 6.92 Å². The fourth-order valence-electron chi connectivity index (χ4n) is 1.74. The van der Waals surface area contributed by atoms with Crippen molar-refractivity contribution in [2.75, 3.05) is 11.4 Å². The van der Waals surface area contributed by atoms with Gasteiger partial charge in [-0.3, -0.25) is 0 Å². The molecule has 1 aliphatic heterocycles. The Balaban J connectivity index is 2.46. The second kappa shape index (κ2) is 4.49. The van der Waals surface area contributed by atoms with Crippen LogP contribution in [0.3, 0.4) is 0 Å². The summed E-state index contributed by atoms with van der Waals surface area (Å²) in [5, 5.41) is 9.29. The predicted molar refractivity (Wildman–Crippen MR) is 65.9 cm³/mol. The van der Waals surface area contributed by atoms with Gasteiger partial charge in [0.2, 0.25) is 0 Å². The molecule has 0 spiro atoms. The van der Waals surface area contributed by atoms with E-state index in [1.807, 2.05) is 0 Å². The molecule has 0 aromatic heterocycles. The van der Waals surface area contributed by atoms with Crippen molar-refractivity contribution >= 4 is 21.6 Å². The largest absolute Gasteiger partial charge is 0.508 e. The van der Waals surface area contributed by atoms with Crippen molar-refractivity contribution in [1.29, 1.82) is 0 Å². The van der Waals surface area contributed by atoms with Crippen molar-refractivity contribution in [3.8, 4) is 0 Å². The third-order valence-corrected chi connectivity index (χ3v) is 2.97. The van der Waals surface area contributed by atoms with Gasteiger partial charge in [-0.1, -0.05) is 15.9 Å². The summed E-state index contributed by atoms with van der Waals surface area (Å²) in [5.41, 5.74) is 0.482. The van der Waals surface area contributed by atoms with Gasteiger partial charge in [0.15, 0.2) is 11.6 Å². The van der Waals surface area contributed by atoms with Gasteiger partial charge in [0.25, 0.3) is 0 Å². The Hall–Kier alpha value is -1.36. The second-order valence-corrected chi connectivity index (χ2v) is 4.66. The molecule has 0 unspecified atom stereocenters. The van der Waals surface area contributed by atoms with E-state index in [-0.39, 0.29) is 18.0 Å². The van der Waals surface area contributed by atoms with Crippen LogP contribution in [-0.2, 0) is 0 Å². The molecule has 1 aliphatic rings. The Morgan fingerprint density at radius 2 is 1.88 bits per heavy atom. The van der Waals surface area contributed by atoms with Gasteiger partial charge >= 0.3 is 0 Å². The van der Waals surface area contributed by atoms with E-state index >= 15 is 0 Å². The molecule has 0 bridgehead atoms. The topological polar surface area (TPSA) is 23.5 Å². The summed E-state index contributed by atoms with van der Waals surface area (Å²) >= 11 is 3.03. The van der Waals surface area contributed by atoms with E-state index in [0.717, 1.165) is 0 Å². The molecule has 1 aromatic rings. The number of halogens is 3. The fraction of sp³-hybridized carbons (Fsp3) is 0.167. The molecule has 1 N–H and O–H groups in total. The molecule has 0 saturated heterocycles. The highest BCUT2D eigenvalue weighted by molar-refractivity contribution is 9.10. The van der Waals surface area contributed by atoms with Crippen molar-refractivity contribution in [3.05, 3.63) is 51.8 Å². The summed E-state index contributed by atoms with van der Waals surface area (Å²) < 4.78 is 27.8. The summed E-state index contributed by atoms with van der Waals surface area (Å²) in [5.74, 6) is -1.17. The Morgan fingerprint density at radius 3 is 2.41 bits per heavy atom. The summed E-state index contributed by atoms with van der Waals surface area (Å²) in [6.45, 7) is 1.92. The molecular weight excluding hydrogens is 292 g/mol. The SMILES string of the molecule is CC1=CC(O)=CCN1c1c(F)cc(Br)cc1F. The Kier molecular flexibility index (Phi) is 3.19. The van der Waals surface area contributed by atoms with Crippen LogP contribution in [0.25, 0.3) is 0 Å². The molecule has 2 nitrogen and oxygen atoms in total. The maximum Gasteiger partial charge on any atom is 0.150 e. The van der Waals surface area contributed by atoms with Gasteiger partial charge in [-0.25, -0.2) is 8.78 Å². The highest BCUT2D eigenvalue weighted by Gasteiger charge is 2.20. The number of hydrogen-bond acceptors (Lipinski definition) is 2. The maximum atomic E-state index is 13.7. The van der Waals surface area contributed by atoms with Gasteiger partial charge in [-0.2, -0.15) is 0 Å². The zero-order valence-corrected chi connectivity index (χ0v) is 10.6. The normalized spacial score (nSPS) is 15.6. The molecule has 0 amide bonds. The van der Waals surface area contributed by atoms with Crippen LogP contribution in [-0.4, -0.2) is 11.7 Å². The lowest BCUT2D eigenvalue weighted by Gasteiger charge is -2.27. The van der Waals surface area contributed by atoms with Gasteiger partial charge in [-0.15, -0.1) is 0 Å². The summed E-state index contributed by atoms with van der Waals surface area (Å²) in [7, 11) is 0. The van der Waals surface area contributed by atoms with Gasteiger partial charge < -0.3 is 10.0 Å². The molecular formula is C12H10BrF2NO. The maximum absolute atomic E-state index is 13.7. The van der Waals surface area contributed by atoms with E-state index in [9.17, 15) is 13.9 Å². The Bertz CT molecular complexity index is 502. The van der Waals surface area contributed by atoms with Crippen LogP contribution in [0, 0.1) is 11.6 Å². The fourth-order valence-corrected chi connectivity index (χ4v) is 2.14. The first kappa shape index (κ1) is 12.1. The third kappa shape index (κ3) is 2.34. The van der Waals surface area contributed by atoms with E-state index < -0.39 is 11.6 Å². The van der Waals surface area contributed by atoms with Crippen LogP contribution in [0.1, 0.15) is 6.92 Å². The molecule has 0 saturated carbocycles. The van der Waals surface area contributed by atoms with Gasteiger partial charge in [0.05, 0.1) is 0 Å². The van der Waals surface area contributed by atoms with Crippen molar-refractivity contribution in [2.24, 2.45) is 0 Å². The van der Waals surface area contributed by atoms with Crippen molar-refractivity contribution in [3.63, 3.8) is 0 Å². The van der Waals surface area contributed by atoms with Crippen LogP contribution in [0.15, 0.2) is 40.2 Å². The summed E-state index contributed by atoms with van der Waals surface area (Å²) in [6, 6.07) is 2.42. The van der Waals surface area contributed by atoms with Gasteiger partial charge in [0.1, 0.15) is 11.4 Å². The van der Waals surface area contributed by atoms with E-state index in [2.05, 4.69) is 15.9 Å². The molecule has 5 heteroatoms. The van der Waals surface area contributed by atoms with Crippen LogP contribution in [0.5, 0.6) is 0 Å². The molecule has 2 rings (SSSR count). The quantitative estimate of drug-likeness (QED) is 0.850. The molecule has 1 aromatic carbocycles. The zero-order valence-electron chi connectivity index (χ0n) is 9.04. The molecule has 0 radical (unpaired) electrons. The monoisotopic (exact) mass is 301 g/mol. The highest BCUT2D eigenvalue weighted by Crippen LogP contribution is 2.31. The third-order valence-electron chi connectivity index (χ3n) is 2.52. The molecule has 0 aliphatic carbocycles. The molecule has 90 valence electrons. The molecule has 0 atom stereocenters. The molecule has 1 heterocycles. The van der Waals surface area contributed by atoms with Crippen molar-refractivity contribution in [1.82, 2.24) is 0 Å². The average Bonchev–Trinajstić information content (AvgIpc) is 2.19. The zero-order chi connectivity index (χ0) is 12.6. The summed E-state index contributed by atoms with van der Waals surface area (Å²) in [4.78, 5) is 1.47. The highest BCUT2D eigenvalue weighted by atomic mass is 79.9. The Morgan fingerprint density at radius 1 is 1.29 bits per heavy atom. The molecule has 0 fully saturated rings. The number of nitrogens with zero attached hydrogens (tertiary/aromatic N) is 1. The number of anilines is 1. The minimum atomic E-state index is -0.639. The first-order valence-electron chi connectivity index (χ1n) is 4.98. The number of benzene rings is 1. The predicted octanol–water partition coefficient (Wildman–Crippen LogP) is 3.89. The number of hydrogen-bond donors (Lipinski definition) is 1. The van der Waals surface area contributed by atoms with E-state index in [4.69, 9.17) is 0 Å². The standard InChI is InChI=1S/C12H10BrF2NO/c1-7-4-9(17)2-3-16(7)12-10(14)5-8(13)6-11(12)15/h2,4-6,17H,3H2,1H3. The van der Waals surface area contributed by atoms with E-state index in [1.165, 1.54) is 29.2 Å². The average molecular weight is 302 g/mol. The first-order chi connectivity index (χ1) is 7.99. The van der Waals surface area contributed by atoms with Gasteiger partial charge in [0, 0.05) is 16.7 Å². The number of rotatable bonds is 1.